The van der Waals surface area contributed by atoms with Gasteiger partial charge in [0.2, 0.25) is 12.0 Å². The van der Waals surface area contributed by atoms with Crippen LogP contribution in [0.5, 0.6) is 0 Å². The molecular formula is C8H8N2O5. The molecule has 1 saturated heterocycles. The second-order valence-corrected chi connectivity index (χ2v) is 3.09. The number of anilines is 1. The van der Waals surface area contributed by atoms with Gasteiger partial charge in [-0.2, -0.15) is 0 Å². The molecule has 1 aliphatic heterocycles. The van der Waals surface area contributed by atoms with Crippen molar-refractivity contribution in [3.63, 3.8) is 0 Å². The van der Waals surface area contributed by atoms with Crippen LogP contribution < -0.4 is 4.90 Å². The molecule has 7 nitrogen and oxygen atoms in total. The minimum Gasteiger partial charge on any atom is -0.478 e. The average molecular weight is 212 g/mol. The quantitative estimate of drug-likeness (QED) is 0.766. The fourth-order valence-corrected chi connectivity index (χ4v) is 1.44. The maximum atomic E-state index is 11.4. The summed E-state index contributed by atoms with van der Waals surface area (Å²) in [4.78, 5) is 26.8. The number of nitrogens with zero attached hydrogens (tertiary/aromatic N) is 2. The first-order chi connectivity index (χ1) is 7.11. The third-order valence-electron chi connectivity index (χ3n) is 2.17. The van der Waals surface area contributed by atoms with Gasteiger partial charge in [0.25, 0.3) is 0 Å². The monoisotopic (exact) mass is 212 g/mol. The van der Waals surface area contributed by atoms with Gasteiger partial charge in [0.05, 0.1) is 12.2 Å². The van der Waals surface area contributed by atoms with Crippen LogP contribution in [-0.4, -0.2) is 34.3 Å². The molecule has 1 aromatic heterocycles. The van der Waals surface area contributed by atoms with E-state index >= 15 is 0 Å². The molecule has 7 heteroatoms. The lowest BCUT2D eigenvalue weighted by atomic mass is 10.2. The van der Waals surface area contributed by atoms with Crippen molar-refractivity contribution in [2.45, 2.75) is 19.1 Å². The molecule has 15 heavy (non-hydrogen) atoms. The summed E-state index contributed by atoms with van der Waals surface area (Å²) in [6.45, 7) is 1.56. The third-order valence-corrected chi connectivity index (χ3v) is 2.17. The summed E-state index contributed by atoms with van der Waals surface area (Å²) >= 11 is 0. The Morgan fingerprint density at radius 2 is 2.40 bits per heavy atom. The van der Waals surface area contributed by atoms with Crippen LogP contribution in [0.1, 0.15) is 6.92 Å². The van der Waals surface area contributed by atoms with Crippen LogP contribution in [0, 0.1) is 0 Å². The molecule has 1 fully saturated rings. The number of cyclic esters (lactones) is 1. The summed E-state index contributed by atoms with van der Waals surface area (Å²) in [7, 11) is 0. The molecule has 1 aromatic rings. The van der Waals surface area contributed by atoms with Crippen LogP contribution in [0.25, 0.3) is 0 Å². The van der Waals surface area contributed by atoms with E-state index in [0.717, 1.165) is 11.3 Å². The van der Waals surface area contributed by atoms with Gasteiger partial charge < -0.3 is 14.3 Å². The minimum atomic E-state index is -1.18. The van der Waals surface area contributed by atoms with Gasteiger partial charge in [0.1, 0.15) is 0 Å². The number of ether oxygens (including phenoxy) is 1. The van der Waals surface area contributed by atoms with Crippen LogP contribution in [0.3, 0.4) is 0 Å². The molecule has 0 aliphatic carbocycles. The van der Waals surface area contributed by atoms with Gasteiger partial charge in [0, 0.05) is 0 Å². The van der Waals surface area contributed by atoms with Crippen molar-refractivity contribution in [1.29, 1.82) is 0 Å². The van der Waals surface area contributed by atoms with E-state index in [0.29, 0.717) is 0 Å². The molecule has 1 N–H and O–H groups in total. The zero-order valence-corrected chi connectivity index (χ0v) is 7.78. The van der Waals surface area contributed by atoms with Crippen molar-refractivity contribution < 1.29 is 23.8 Å². The van der Waals surface area contributed by atoms with Gasteiger partial charge in [-0.3, -0.25) is 0 Å². The fourth-order valence-electron chi connectivity index (χ4n) is 1.44. The molecule has 0 bridgehead atoms. The van der Waals surface area contributed by atoms with E-state index in [1.807, 2.05) is 0 Å². The van der Waals surface area contributed by atoms with Crippen LogP contribution in [0.15, 0.2) is 17.0 Å². The van der Waals surface area contributed by atoms with Crippen LogP contribution in [0.4, 0.5) is 10.7 Å². The zero-order valence-electron chi connectivity index (χ0n) is 7.78. The summed E-state index contributed by atoms with van der Waals surface area (Å²) in [5.74, 6) is -1.01. The van der Waals surface area contributed by atoms with Gasteiger partial charge in [0.15, 0.2) is 6.39 Å². The number of carbonyl (C=O) groups is 2. The zero-order chi connectivity index (χ0) is 11.0. The highest BCUT2D eigenvalue weighted by Crippen LogP contribution is 2.26. The maximum Gasteiger partial charge on any atom is 0.418 e. The molecule has 0 saturated carbocycles. The Labute approximate surface area is 84.3 Å². The first-order valence-corrected chi connectivity index (χ1v) is 4.22. The number of rotatable bonds is 2. The number of amides is 1. The van der Waals surface area contributed by atoms with Gasteiger partial charge in [-0.25, -0.2) is 19.5 Å². The molecule has 0 aromatic carbocycles. The Morgan fingerprint density at radius 3 is 2.87 bits per heavy atom. The number of carboxylic acid groups (broad SMARTS) is 1. The normalized spacial score (nSPS) is 25.4. The predicted octanol–water partition coefficient (Wildman–Crippen LogP) is 0.473. The molecule has 80 valence electrons. The SMILES string of the molecule is CC1C(C(=O)O)OC(=O)N1c1cnco1. The largest absolute Gasteiger partial charge is 0.478 e. The van der Waals surface area contributed by atoms with E-state index in [1.54, 1.807) is 6.92 Å². The molecule has 2 rings (SSSR count). The number of carboxylic acids is 1. The van der Waals surface area contributed by atoms with E-state index in [-0.39, 0.29) is 5.88 Å². The van der Waals surface area contributed by atoms with E-state index in [2.05, 4.69) is 9.72 Å². The van der Waals surface area contributed by atoms with Crippen molar-refractivity contribution >= 4 is 17.9 Å². The highest BCUT2D eigenvalue weighted by molar-refractivity contribution is 5.93. The van der Waals surface area contributed by atoms with Gasteiger partial charge in [-0.05, 0) is 6.92 Å². The number of carbonyl (C=O) groups excluding carboxylic acids is 1. The molecule has 1 amide bonds. The number of aliphatic carboxylic acids is 1. The Hall–Kier alpha value is -2.05. The van der Waals surface area contributed by atoms with Gasteiger partial charge >= 0.3 is 12.1 Å². The Balaban J connectivity index is 2.28. The first kappa shape index (κ1) is 9.50. The fraction of sp³-hybridized carbons (Fsp3) is 0.375. The van der Waals surface area contributed by atoms with Crippen LogP contribution in [-0.2, 0) is 9.53 Å². The molecule has 2 unspecified atom stereocenters. The highest BCUT2D eigenvalue weighted by Gasteiger charge is 2.45. The smallest absolute Gasteiger partial charge is 0.418 e. The summed E-state index contributed by atoms with van der Waals surface area (Å²) in [6.07, 6.45) is 0.556. The molecular weight excluding hydrogens is 204 g/mol. The Kier molecular flexibility index (Phi) is 2.07. The lowest BCUT2D eigenvalue weighted by Gasteiger charge is -2.14. The van der Waals surface area contributed by atoms with E-state index in [9.17, 15) is 9.59 Å². The maximum absolute atomic E-state index is 11.4. The van der Waals surface area contributed by atoms with Crippen molar-refractivity contribution in [1.82, 2.24) is 4.98 Å². The standard InChI is InChI=1S/C8H8N2O5/c1-4-6(7(11)12)15-8(13)10(4)5-2-9-3-14-5/h2-4,6H,1H3,(H,11,12). The number of hydrogen-bond donors (Lipinski definition) is 1. The van der Waals surface area contributed by atoms with Crippen molar-refractivity contribution in [2.24, 2.45) is 0 Å². The second-order valence-electron chi connectivity index (χ2n) is 3.09. The number of oxazole rings is 1. The Morgan fingerprint density at radius 1 is 1.67 bits per heavy atom. The van der Waals surface area contributed by atoms with Crippen LogP contribution >= 0.6 is 0 Å². The topological polar surface area (TPSA) is 92.9 Å². The van der Waals surface area contributed by atoms with Crippen molar-refractivity contribution in [3.05, 3.63) is 12.6 Å². The minimum absolute atomic E-state index is 0.177. The molecule has 0 radical (unpaired) electrons. The van der Waals surface area contributed by atoms with Crippen molar-refractivity contribution in [2.75, 3.05) is 4.90 Å². The van der Waals surface area contributed by atoms with Gasteiger partial charge in [-0.15, -0.1) is 0 Å². The average Bonchev–Trinajstić information content (AvgIpc) is 2.73. The van der Waals surface area contributed by atoms with E-state index in [1.165, 1.54) is 6.20 Å². The molecule has 0 spiro atoms. The number of hydrogen-bond acceptors (Lipinski definition) is 5. The highest BCUT2D eigenvalue weighted by atomic mass is 16.6. The lowest BCUT2D eigenvalue weighted by Crippen LogP contribution is -2.37. The summed E-state index contributed by atoms with van der Waals surface area (Å²) in [5, 5.41) is 8.77. The summed E-state index contributed by atoms with van der Waals surface area (Å²) in [6, 6.07) is -0.622. The Bertz CT molecular complexity index is 388. The molecule has 1 aliphatic rings. The van der Waals surface area contributed by atoms with E-state index < -0.39 is 24.2 Å². The number of aromatic nitrogens is 1. The molecule has 2 heterocycles. The van der Waals surface area contributed by atoms with E-state index in [4.69, 9.17) is 9.52 Å². The first-order valence-electron chi connectivity index (χ1n) is 4.22. The summed E-state index contributed by atoms with van der Waals surface area (Å²) < 4.78 is 9.58. The second kappa shape index (κ2) is 3.26. The van der Waals surface area contributed by atoms with Crippen molar-refractivity contribution in [3.8, 4) is 0 Å². The summed E-state index contributed by atoms with van der Waals surface area (Å²) in [5.41, 5.74) is 0. The van der Waals surface area contributed by atoms with Crippen LogP contribution in [0.2, 0.25) is 0 Å². The third kappa shape index (κ3) is 1.41. The molecule has 2 atom stereocenters. The predicted molar refractivity (Wildman–Crippen MR) is 46.3 cm³/mol. The van der Waals surface area contributed by atoms with Gasteiger partial charge in [-0.1, -0.05) is 0 Å². The lowest BCUT2D eigenvalue weighted by molar-refractivity contribution is -0.145.